The van der Waals surface area contributed by atoms with E-state index in [0.717, 1.165) is 43.3 Å². The molecule has 5 nitrogen and oxygen atoms in total. The van der Waals surface area contributed by atoms with Crippen molar-refractivity contribution in [2.45, 2.75) is 6.42 Å². The maximum absolute atomic E-state index is 9.63. The highest BCUT2D eigenvalue weighted by atomic mass is 32.1. The van der Waals surface area contributed by atoms with Crippen LogP contribution < -0.4 is 4.74 Å². The lowest BCUT2D eigenvalue weighted by molar-refractivity contribution is 0.187. The fraction of sp³-hybridized carbons (Fsp3) is 0.467. The molecule has 1 aliphatic heterocycles. The molecular weight excluding hydrogens is 286 g/mol. The fourth-order valence-electron chi connectivity index (χ4n) is 2.38. The molecular formula is C15H19N3O2S. The summed E-state index contributed by atoms with van der Waals surface area (Å²) in [6.45, 7) is 4.36. The second-order valence-electron chi connectivity index (χ2n) is 4.93. The summed E-state index contributed by atoms with van der Waals surface area (Å²) in [7, 11) is 1.52. The third-order valence-electron chi connectivity index (χ3n) is 3.63. The number of rotatable bonds is 4. The molecule has 1 heterocycles. The smallest absolute Gasteiger partial charge is 0.161 e. The fourth-order valence-corrected chi connectivity index (χ4v) is 2.69. The minimum Gasteiger partial charge on any atom is -0.504 e. The predicted molar refractivity (Wildman–Crippen MR) is 84.6 cm³/mol. The summed E-state index contributed by atoms with van der Waals surface area (Å²) in [4.78, 5) is 5.21. The van der Waals surface area contributed by atoms with Crippen LogP contribution in [-0.2, 0) is 0 Å². The number of benzene rings is 1. The van der Waals surface area contributed by atoms with Crippen molar-refractivity contribution in [3.63, 3.8) is 0 Å². The van der Waals surface area contributed by atoms with Crippen LogP contribution in [0.3, 0.4) is 0 Å². The monoisotopic (exact) mass is 305 g/mol. The molecule has 0 aromatic heterocycles. The van der Waals surface area contributed by atoms with Gasteiger partial charge in [0.1, 0.15) is 4.99 Å². The van der Waals surface area contributed by atoms with E-state index in [2.05, 4.69) is 15.9 Å². The van der Waals surface area contributed by atoms with Crippen molar-refractivity contribution in [2.75, 3.05) is 39.8 Å². The summed E-state index contributed by atoms with van der Waals surface area (Å²) >= 11 is 5.54. The number of ether oxygens (including phenoxy) is 1. The molecule has 0 amide bonds. The minimum atomic E-state index is 0.116. The van der Waals surface area contributed by atoms with Crippen LogP contribution in [0.25, 0.3) is 0 Å². The van der Waals surface area contributed by atoms with Crippen LogP contribution in [0, 0.1) is 11.3 Å². The van der Waals surface area contributed by atoms with Gasteiger partial charge in [-0.05, 0) is 18.2 Å². The highest BCUT2D eigenvalue weighted by Crippen LogP contribution is 2.27. The molecule has 21 heavy (non-hydrogen) atoms. The average molecular weight is 305 g/mol. The van der Waals surface area contributed by atoms with E-state index in [1.807, 2.05) is 6.07 Å². The molecule has 6 heteroatoms. The number of phenols is 1. The number of nitriles is 1. The zero-order valence-corrected chi connectivity index (χ0v) is 12.9. The first kappa shape index (κ1) is 15.5. The Morgan fingerprint density at radius 1 is 1.38 bits per heavy atom. The Bertz CT molecular complexity index is 548. The summed E-state index contributed by atoms with van der Waals surface area (Å²) in [6, 6.07) is 7.35. The molecule has 1 aromatic carbocycles. The summed E-state index contributed by atoms with van der Waals surface area (Å²) in [5.41, 5.74) is 0.880. The molecule has 1 aromatic rings. The number of phenolic OH excluding ortho intramolecular Hbond substituents is 1. The van der Waals surface area contributed by atoms with E-state index in [1.165, 1.54) is 7.11 Å². The Balaban J connectivity index is 1.97. The maximum atomic E-state index is 9.63. The number of piperazine rings is 1. The van der Waals surface area contributed by atoms with Gasteiger partial charge in [-0.1, -0.05) is 12.2 Å². The molecule has 0 aliphatic carbocycles. The predicted octanol–water partition coefficient (Wildman–Crippen LogP) is 1.61. The van der Waals surface area contributed by atoms with Crippen molar-refractivity contribution in [2.24, 2.45) is 0 Å². The van der Waals surface area contributed by atoms with Crippen molar-refractivity contribution in [3.05, 3.63) is 23.8 Å². The normalized spacial score (nSPS) is 15.5. The van der Waals surface area contributed by atoms with Gasteiger partial charge in [0.05, 0.1) is 13.2 Å². The summed E-state index contributed by atoms with van der Waals surface area (Å²) < 4.78 is 5.12. The van der Waals surface area contributed by atoms with E-state index < -0.39 is 0 Å². The van der Waals surface area contributed by atoms with E-state index >= 15 is 0 Å². The van der Waals surface area contributed by atoms with E-state index in [0.29, 0.717) is 12.2 Å². The first-order valence-electron chi connectivity index (χ1n) is 6.91. The zero-order chi connectivity index (χ0) is 15.2. The largest absolute Gasteiger partial charge is 0.504 e. The zero-order valence-electron chi connectivity index (χ0n) is 12.1. The van der Waals surface area contributed by atoms with E-state index in [9.17, 15) is 5.11 Å². The van der Waals surface area contributed by atoms with Crippen LogP contribution in [0.2, 0.25) is 0 Å². The number of methoxy groups -OCH3 is 1. The van der Waals surface area contributed by atoms with Gasteiger partial charge >= 0.3 is 0 Å². The lowest BCUT2D eigenvalue weighted by Crippen LogP contribution is -2.48. The van der Waals surface area contributed by atoms with Gasteiger partial charge < -0.3 is 14.7 Å². The number of thiocarbonyl (C=S) groups is 1. The number of nitrogens with zero attached hydrogens (tertiary/aromatic N) is 3. The molecule has 0 bridgehead atoms. The van der Waals surface area contributed by atoms with Gasteiger partial charge in [0.25, 0.3) is 0 Å². The average Bonchev–Trinajstić information content (AvgIpc) is 2.53. The van der Waals surface area contributed by atoms with Gasteiger partial charge in [0, 0.05) is 44.7 Å². The van der Waals surface area contributed by atoms with Gasteiger partial charge in [-0.3, -0.25) is 4.90 Å². The molecule has 1 fully saturated rings. The Morgan fingerprint density at radius 3 is 2.71 bits per heavy atom. The van der Waals surface area contributed by atoms with E-state index in [1.54, 1.807) is 12.1 Å². The number of hydrogen-bond acceptors (Lipinski definition) is 5. The quantitative estimate of drug-likeness (QED) is 0.853. The minimum absolute atomic E-state index is 0.116. The number of aromatic hydroxyl groups is 1. The molecule has 0 saturated carbocycles. The van der Waals surface area contributed by atoms with Gasteiger partial charge in [-0.25, -0.2) is 0 Å². The van der Waals surface area contributed by atoms with E-state index in [4.69, 9.17) is 22.2 Å². The Kier molecular flexibility index (Phi) is 5.37. The van der Waals surface area contributed by atoms with Crippen LogP contribution in [-0.4, -0.2) is 59.7 Å². The second-order valence-corrected chi connectivity index (χ2v) is 5.32. The second kappa shape index (κ2) is 7.25. The molecule has 0 radical (unpaired) electrons. The highest BCUT2D eigenvalue weighted by Gasteiger charge is 2.20. The van der Waals surface area contributed by atoms with Crippen LogP contribution >= 0.6 is 12.2 Å². The van der Waals surface area contributed by atoms with Crippen molar-refractivity contribution < 1.29 is 9.84 Å². The van der Waals surface area contributed by atoms with E-state index in [-0.39, 0.29) is 5.75 Å². The third-order valence-corrected chi connectivity index (χ3v) is 4.12. The molecule has 2 rings (SSSR count). The topological polar surface area (TPSA) is 59.7 Å². The third kappa shape index (κ3) is 3.84. The lowest BCUT2D eigenvalue weighted by atomic mass is 10.1. The summed E-state index contributed by atoms with van der Waals surface area (Å²) in [6.07, 6.45) is 0.569. The molecule has 1 saturated heterocycles. The van der Waals surface area contributed by atoms with Crippen molar-refractivity contribution in [3.8, 4) is 17.6 Å². The van der Waals surface area contributed by atoms with Crippen molar-refractivity contribution in [1.82, 2.24) is 9.80 Å². The van der Waals surface area contributed by atoms with Crippen molar-refractivity contribution in [1.29, 1.82) is 5.26 Å². The van der Waals surface area contributed by atoms with Crippen LogP contribution in [0.5, 0.6) is 11.5 Å². The standard InChI is InChI=1S/C15H19N3O2S/c1-20-14-11-12(3-4-13(14)19)15(21)18-9-7-17(8-10-18)6-2-5-16/h3-4,11,19H,2,6-10H2,1H3. The lowest BCUT2D eigenvalue weighted by Gasteiger charge is -2.36. The molecule has 0 atom stereocenters. The Labute approximate surface area is 130 Å². The van der Waals surface area contributed by atoms with Crippen LogP contribution in [0.4, 0.5) is 0 Å². The van der Waals surface area contributed by atoms with Crippen LogP contribution in [0.15, 0.2) is 18.2 Å². The number of hydrogen-bond donors (Lipinski definition) is 1. The molecule has 112 valence electrons. The van der Waals surface area contributed by atoms with Gasteiger partial charge in [0.15, 0.2) is 11.5 Å². The summed E-state index contributed by atoms with van der Waals surface area (Å²) in [5, 5.41) is 18.2. The maximum Gasteiger partial charge on any atom is 0.161 e. The molecule has 0 unspecified atom stereocenters. The van der Waals surface area contributed by atoms with Gasteiger partial charge in [-0.15, -0.1) is 0 Å². The molecule has 1 N–H and O–H groups in total. The molecule has 1 aliphatic rings. The molecule has 0 spiro atoms. The SMILES string of the molecule is COc1cc(C(=S)N2CCN(CCC#N)CC2)ccc1O. The van der Waals surface area contributed by atoms with Gasteiger partial charge in [-0.2, -0.15) is 5.26 Å². The Morgan fingerprint density at radius 2 is 2.10 bits per heavy atom. The van der Waals surface area contributed by atoms with Crippen molar-refractivity contribution >= 4 is 17.2 Å². The Hall–Kier alpha value is -1.84. The summed E-state index contributed by atoms with van der Waals surface area (Å²) in [5.74, 6) is 0.549. The first-order valence-corrected chi connectivity index (χ1v) is 7.32. The highest BCUT2D eigenvalue weighted by molar-refractivity contribution is 7.80. The van der Waals surface area contributed by atoms with Crippen LogP contribution in [0.1, 0.15) is 12.0 Å². The van der Waals surface area contributed by atoms with Gasteiger partial charge in [0.2, 0.25) is 0 Å². The first-order chi connectivity index (χ1) is 10.2.